The maximum absolute atomic E-state index is 12.5. The Morgan fingerprint density at radius 2 is 1.92 bits per heavy atom. The molecule has 3 rings (SSSR count). The van der Waals surface area contributed by atoms with Crippen molar-refractivity contribution in [3.8, 4) is 0 Å². The van der Waals surface area contributed by atoms with Crippen molar-refractivity contribution in [3.63, 3.8) is 0 Å². The van der Waals surface area contributed by atoms with Crippen LogP contribution in [0.1, 0.15) is 20.4 Å². The minimum absolute atomic E-state index is 0.121. The Morgan fingerprint density at radius 1 is 1.24 bits per heavy atom. The lowest BCUT2D eigenvalue weighted by atomic mass is 10.2. The molecular formula is C18H24N4O2S. The molecule has 1 amide bonds. The lowest BCUT2D eigenvalue weighted by molar-refractivity contribution is 0.103. The van der Waals surface area contributed by atoms with Crippen molar-refractivity contribution in [1.82, 2.24) is 9.88 Å². The van der Waals surface area contributed by atoms with E-state index in [1.165, 1.54) is 17.0 Å². The predicted molar refractivity (Wildman–Crippen MR) is 102 cm³/mol. The maximum Gasteiger partial charge on any atom is 0.267 e. The van der Waals surface area contributed by atoms with E-state index in [4.69, 9.17) is 4.74 Å². The van der Waals surface area contributed by atoms with Gasteiger partial charge in [-0.25, -0.2) is 4.98 Å². The van der Waals surface area contributed by atoms with Crippen LogP contribution in [0.15, 0.2) is 24.3 Å². The van der Waals surface area contributed by atoms with E-state index in [1.54, 1.807) is 7.11 Å². The smallest absolute Gasteiger partial charge is 0.267 e. The number of thiazole rings is 1. The highest BCUT2D eigenvalue weighted by atomic mass is 32.1. The summed E-state index contributed by atoms with van der Waals surface area (Å²) >= 11 is 1.38. The summed E-state index contributed by atoms with van der Waals surface area (Å²) in [6.45, 7) is 6.49. The molecule has 0 atom stereocenters. The first-order valence-electron chi connectivity index (χ1n) is 8.37. The van der Waals surface area contributed by atoms with Gasteiger partial charge in [-0.3, -0.25) is 4.79 Å². The van der Waals surface area contributed by atoms with Crippen LogP contribution in [-0.4, -0.2) is 56.1 Å². The average molecular weight is 360 g/mol. The van der Waals surface area contributed by atoms with E-state index in [2.05, 4.69) is 39.3 Å². The summed E-state index contributed by atoms with van der Waals surface area (Å²) in [6, 6.07) is 8.05. The fourth-order valence-electron chi connectivity index (χ4n) is 2.86. The van der Waals surface area contributed by atoms with Gasteiger partial charge in [-0.2, -0.15) is 0 Å². The summed E-state index contributed by atoms with van der Waals surface area (Å²) in [7, 11) is 3.77. The summed E-state index contributed by atoms with van der Waals surface area (Å²) in [4.78, 5) is 22.2. The lowest BCUT2D eigenvalue weighted by Crippen LogP contribution is -2.44. The van der Waals surface area contributed by atoms with Gasteiger partial charge in [0.25, 0.3) is 5.91 Å². The zero-order valence-corrected chi connectivity index (χ0v) is 15.7. The SMILES string of the molecule is COCc1nc(C)c(C(=O)Nc2ccc(N3CCN(C)CC3)cc2)s1. The van der Waals surface area contributed by atoms with Gasteiger partial charge < -0.3 is 19.9 Å². The van der Waals surface area contributed by atoms with Crippen LogP contribution in [0.3, 0.4) is 0 Å². The van der Waals surface area contributed by atoms with Gasteiger partial charge >= 0.3 is 0 Å². The van der Waals surface area contributed by atoms with Gasteiger partial charge in [0.05, 0.1) is 12.3 Å². The Balaban J connectivity index is 1.64. The molecule has 1 aromatic heterocycles. The molecule has 2 heterocycles. The van der Waals surface area contributed by atoms with Gasteiger partial charge in [-0.1, -0.05) is 0 Å². The predicted octanol–water partition coefficient (Wildman–Crippen LogP) is 2.60. The Hall–Kier alpha value is -1.96. The second-order valence-corrected chi connectivity index (χ2v) is 7.33. The van der Waals surface area contributed by atoms with Gasteiger partial charge in [-0.15, -0.1) is 11.3 Å². The van der Waals surface area contributed by atoms with E-state index >= 15 is 0 Å². The Morgan fingerprint density at radius 3 is 2.56 bits per heavy atom. The summed E-state index contributed by atoms with van der Waals surface area (Å²) in [6.07, 6.45) is 0. The molecule has 7 heteroatoms. The molecule has 2 aromatic rings. The van der Waals surface area contributed by atoms with E-state index in [-0.39, 0.29) is 5.91 Å². The van der Waals surface area contributed by atoms with E-state index in [9.17, 15) is 4.79 Å². The molecule has 1 saturated heterocycles. The van der Waals surface area contributed by atoms with E-state index in [1.807, 2.05) is 19.1 Å². The van der Waals surface area contributed by atoms with Gasteiger partial charge in [0.15, 0.2) is 0 Å². The molecule has 1 aliphatic rings. The van der Waals surface area contributed by atoms with Gasteiger partial charge in [-0.05, 0) is 38.2 Å². The Kier molecular flexibility index (Phi) is 5.67. The zero-order chi connectivity index (χ0) is 17.8. The molecule has 1 aromatic carbocycles. The van der Waals surface area contributed by atoms with Crippen molar-refractivity contribution in [2.45, 2.75) is 13.5 Å². The van der Waals surface area contributed by atoms with Gasteiger partial charge in [0.1, 0.15) is 9.88 Å². The number of ether oxygens (including phenoxy) is 1. The number of carbonyl (C=O) groups is 1. The number of methoxy groups -OCH3 is 1. The number of amides is 1. The Bertz CT molecular complexity index is 721. The van der Waals surface area contributed by atoms with E-state index in [0.717, 1.165) is 42.6 Å². The molecule has 0 radical (unpaired) electrons. The van der Waals surface area contributed by atoms with E-state index < -0.39 is 0 Å². The summed E-state index contributed by atoms with van der Waals surface area (Å²) < 4.78 is 5.08. The van der Waals surface area contributed by atoms with Crippen LogP contribution >= 0.6 is 11.3 Å². The summed E-state index contributed by atoms with van der Waals surface area (Å²) in [5.74, 6) is -0.121. The fraction of sp³-hybridized carbons (Fsp3) is 0.444. The molecule has 0 spiro atoms. The molecule has 6 nitrogen and oxygen atoms in total. The molecule has 1 aliphatic heterocycles. The number of nitrogens with zero attached hydrogens (tertiary/aromatic N) is 3. The third kappa shape index (κ3) is 4.36. The third-order valence-corrected chi connectivity index (χ3v) is 5.44. The number of benzene rings is 1. The Labute approximate surface area is 152 Å². The first-order chi connectivity index (χ1) is 12.1. The van der Waals surface area contributed by atoms with Crippen molar-refractivity contribution in [1.29, 1.82) is 0 Å². The topological polar surface area (TPSA) is 57.7 Å². The van der Waals surface area contributed by atoms with Crippen LogP contribution in [0.2, 0.25) is 0 Å². The largest absolute Gasteiger partial charge is 0.378 e. The third-order valence-electron chi connectivity index (χ3n) is 4.31. The molecular weight excluding hydrogens is 336 g/mol. The number of aryl methyl sites for hydroxylation is 1. The van der Waals surface area contributed by atoms with Gasteiger partial charge in [0, 0.05) is 44.7 Å². The number of hydrogen-bond donors (Lipinski definition) is 1. The van der Waals surface area contributed by atoms with Crippen LogP contribution in [0.4, 0.5) is 11.4 Å². The first kappa shape index (κ1) is 17.8. The molecule has 25 heavy (non-hydrogen) atoms. The fourth-order valence-corrected chi connectivity index (χ4v) is 3.79. The zero-order valence-electron chi connectivity index (χ0n) is 14.9. The summed E-state index contributed by atoms with van der Waals surface area (Å²) in [5, 5.41) is 3.77. The second kappa shape index (κ2) is 7.95. The van der Waals surface area contributed by atoms with Crippen molar-refractivity contribution in [2.24, 2.45) is 0 Å². The number of piperazine rings is 1. The lowest BCUT2D eigenvalue weighted by Gasteiger charge is -2.34. The van der Waals surface area contributed by atoms with Crippen LogP contribution < -0.4 is 10.2 Å². The van der Waals surface area contributed by atoms with Crippen LogP contribution in [0, 0.1) is 6.92 Å². The van der Waals surface area contributed by atoms with Crippen molar-refractivity contribution in [3.05, 3.63) is 39.8 Å². The van der Waals surface area contributed by atoms with Crippen molar-refractivity contribution >= 4 is 28.6 Å². The average Bonchev–Trinajstić information content (AvgIpc) is 2.97. The first-order valence-corrected chi connectivity index (χ1v) is 9.18. The van der Waals surface area contributed by atoms with Crippen LogP contribution in [-0.2, 0) is 11.3 Å². The quantitative estimate of drug-likeness (QED) is 0.888. The number of nitrogens with one attached hydrogen (secondary N) is 1. The number of aromatic nitrogens is 1. The molecule has 1 fully saturated rings. The number of likely N-dealkylation sites (N-methyl/N-ethyl adjacent to an activating group) is 1. The minimum Gasteiger partial charge on any atom is -0.378 e. The van der Waals surface area contributed by atoms with E-state index in [0.29, 0.717) is 11.5 Å². The highest BCUT2D eigenvalue weighted by Gasteiger charge is 2.17. The maximum atomic E-state index is 12.5. The number of hydrogen-bond acceptors (Lipinski definition) is 6. The highest BCUT2D eigenvalue weighted by molar-refractivity contribution is 7.13. The second-order valence-electron chi connectivity index (χ2n) is 6.25. The van der Waals surface area contributed by atoms with Crippen molar-refractivity contribution in [2.75, 3.05) is 50.6 Å². The minimum atomic E-state index is -0.121. The molecule has 0 unspecified atom stereocenters. The summed E-state index contributed by atoms with van der Waals surface area (Å²) in [5.41, 5.74) is 2.73. The number of anilines is 2. The van der Waals surface area contributed by atoms with Gasteiger partial charge in [0.2, 0.25) is 0 Å². The standard InChI is InChI=1S/C18H24N4O2S/c1-13-17(25-16(19-13)12-24-3)18(23)20-14-4-6-15(7-5-14)22-10-8-21(2)9-11-22/h4-7H,8-12H2,1-3H3,(H,20,23). The molecule has 0 aliphatic carbocycles. The van der Waals surface area contributed by atoms with Crippen LogP contribution in [0.5, 0.6) is 0 Å². The molecule has 0 bridgehead atoms. The molecule has 1 N–H and O–H groups in total. The monoisotopic (exact) mass is 360 g/mol. The number of carbonyl (C=O) groups excluding carboxylic acids is 1. The molecule has 134 valence electrons. The van der Waals surface area contributed by atoms with Crippen LogP contribution in [0.25, 0.3) is 0 Å². The van der Waals surface area contributed by atoms with Crippen molar-refractivity contribution < 1.29 is 9.53 Å². The number of rotatable bonds is 5. The highest BCUT2D eigenvalue weighted by Crippen LogP contribution is 2.22. The normalized spacial score (nSPS) is 15.4. The molecule has 0 saturated carbocycles.